The SMILES string of the molecule is O=C(CN1C(=O)N[C@H](c2ccc(F)cc2)C1=O)N1CCOCC1. The molecule has 0 aliphatic carbocycles. The zero-order valence-corrected chi connectivity index (χ0v) is 12.3. The molecule has 0 spiro atoms. The van der Waals surface area contributed by atoms with Crippen LogP contribution in [0.1, 0.15) is 11.6 Å². The molecule has 1 aromatic rings. The Hall–Kier alpha value is -2.48. The number of urea groups is 1. The lowest BCUT2D eigenvalue weighted by molar-refractivity contribution is -0.140. The number of imide groups is 1. The van der Waals surface area contributed by atoms with Crippen molar-refractivity contribution in [2.24, 2.45) is 0 Å². The Balaban J connectivity index is 1.68. The second-order valence-corrected chi connectivity index (χ2v) is 5.35. The number of hydrogen-bond donors (Lipinski definition) is 1. The number of nitrogens with one attached hydrogen (secondary N) is 1. The summed E-state index contributed by atoms with van der Waals surface area (Å²) in [6.07, 6.45) is 0. The molecule has 2 heterocycles. The molecular weight excluding hydrogens is 305 g/mol. The fourth-order valence-electron chi connectivity index (χ4n) is 2.60. The van der Waals surface area contributed by atoms with Gasteiger partial charge in [0.15, 0.2) is 0 Å². The van der Waals surface area contributed by atoms with Crippen LogP contribution in [0.15, 0.2) is 24.3 Å². The summed E-state index contributed by atoms with van der Waals surface area (Å²) < 4.78 is 18.1. The van der Waals surface area contributed by atoms with Gasteiger partial charge in [0.1, 0.15) is 18.4 Å². The Labute approximate surface area is 132 Å². The van der Waals surface area contributed by atoms with Gasteiger partial charge in [0.2, 0.25) is 5.91 Å². The summed E-state index contributed by atoms with van der Waals surface area (Å²) in [7, 11) is 0. The first-order valence-electron chi connectivity index (χ1n) is 7.29. The molecule has 2 aliphatic rings. The lowest BCUT2D eigenvalue weighted by Gasteiger charge is -2.28. The van der Waals surface area contributed by atoms with Gasteiger partial charge in [-0.25, -0.2) is 9.18 Å². The molecule has 7 nitrogen and oxygen atoms in total. The molecule has 1 N–H and O–H groups in total. The second-order valence-electron chi connectivity index (χ2n) is 5.35. The first kappa shape index (κ1) is 15.4. The van der Waals surface area contributed by atoms with Crippen molar-refractivity contribution in [3.05, 3.63) is 35.6 Å². The third-order valence-electron chi connectivity index (χ3n) is 3.89. The first-order chi connectivity index (χ1) is 11.1. The van der Waals surface area contributed by atoms with Crippen molar-refractivity contribution in [1.82, 2.24) is 15.1 Å². The Morgan fingerprint density at radius 3 is 2.52 bits per heavy atom. The second kappa shape index (κ2) is 6.33. The standard InChI is InChI=1S/C15H16FN3O4/c16-11-3-1-10(2-4-11)13-14(21)19(15(22)17-13)9-12(20)18-5-7-23-8-6-18/h1-4,13H,5-9H2,(H,17,22)/t13-/m1/s1. The average Bonchev–Trinajstić information content (AvgIpc) is 2.84. The number of rotatable bonds is 3. The Kier molecular flexibility index (Phi) is 4.24. The van der Waals surface area contributed by atoms with Crippen molar-refractivity contribution in [1.29, 1.82) is 0 Å². The van der Waals surface area contributed by atoms with E-state index in [9.17, 15) is 18.8 Å². The lowest BCUT2D eigenvalue weighted by Crippen LogP contribution is -2.47. The molecule has 1 atom stereocenters. The fraction of sp³-hybridized carbons (Fsp3) is 0.400. The van der Waals surface area contributed by atoms with Crippen molar-refractivity contribution in [3.63, 3.8) is 0 Å². The van der Waals surface area contributed by atoms with E-state index in [4.69, 9.17) is 4.74 Å². The van der Waals surface area contributed by atoms with E-state index in [-0.39, 0.29) is 12.5 Å². The Bertz CT molecular complexity index is 628. The highest BCUT2D eigenvalue weighted by molar-refractivity contribution is 6.06. The van der Waals surface area contributed by atoms with Crippen LogP contribution in [0.4, 0.5) is 9.18 Å². The molecule has 2 fully saturated rings. The van der Waals surface area contributed by atoms with Gasteiger partial charge in [-0.1, -0.05) is 12.1 Å². The molecule has 0 aromatic heterocycles. The molecule has 0 saturated carbocycles. The summed E-state index contributed by atoms with van der Waals surface area (Å²) in [6, 6.07) is 3.80. The van der Waals surface area contributed by atoms with Crippen LogP contribution in [0.5, 0.6) is 0 Å². The summed E-state index contributed by atoms with van der Waals surface area (Å²) in [5.74, 6) is -1.23. The number of nitrogens with zero attached hydrogens (tertiary/aromatic N) is 2. The van der Waals surface area contributed by atoms with Crippen LogP contribution in [0, 0.1) is 5.82 Å². The van der Waals surface area contributed by atoms with E-state index < -0.39 is 23.8 Å². The number of carbonyl (C=O) groups excluding carboxylic acids is 3. The highest BCUT2D eigenvalue weighted by Crippen LogP contribution is 2.22. The molecule has 0 bridgehead atoms. The van der Waals surface area contributed by atoms with Crippen molar-refractivity contribution >= 4 is 17.8 Å². The minimum absolute atomic E-state index is 0.295. The van der Waals surface area contributed by atoms with Crippen molar-refractivity contribution in [3.8, 4) is 0 Å². The van der Waals surface area contributed by atoms with E-state index in [2.05, 4.69) is 5.32 Å². The molecular formula is C15H16FN3O4. The lowest BCUT2D eigenvalue weighted by atomic mass is 10.1. The maximum absolute atomic E-state index is 13.0. The number of benzene rings is 1. The average molecular weight is 321 g/mol. The summed E-state index contributed by atoms with van der Waals surface area (Å²) in [5, 5.41) is 2.52. The van der Waals surface area contributed by atoms with E-state index in [1.54, 1.807) is 4.90 Å². The largest absolute Gasteiger partial charge is 0.378 e. The van der Waals surface area contributed by atoms with Crippen LogP contribution >= 0.6 is 0 Å². The number of morpholine rings is 1. The summed E-state index contributed by atoms with van der Waals surface area (Å²) >= 11 is 0. The number of hydrogen-bond acceptors (Lipinski definition) is 4. The maximum Gasteiger partial charge on any atom is 0.325 e. The molecule has 122 valence electrons. The number of halogens is 1. The third-order valence-corrected chi connectivity index (χ3v) is 3.89. The van der Waals surface area contributed by atoms with Gasteiger partial charge in [0.25, 0.3) is 5.91 Å². The highest BCUT2D eigenvalue weighted by atomic mass is 19.1. The van der Waals surface area contributed by atoms with Gasteiger partial charge in [-0.2, -0.15) is 0 Å². The normalized spacial score (nSPS) is 21.5. The van der Waals surface area contributed by atoms with E-state index in [0.29, 0.717) is 31.9 Å². The van der Waals surface area contributed by atoms with Crippen LogP contribution in [-0.4, -0.2) is 60.5 Å². The number of carbonyl (C=O) groups is 3. The molecule has 8 heteroatoms. The molecule has 3 rings (SSSR count). The van der Waals surface area contributed by atoms with Crippen LogP contribution in [0.2, 0.25) is 0 Å². The quantitative estimate of drug-likeness (QED) is 0.811. The van der Waals surface area contributed by atoms with E-state index >= 15 is 0 Å². The number of ether oxygens (including phenoxy) is 1. The van der Waals surface area contributed by atoms with Gasteiger partial charge in [-0.05, 0) is 17.7 Å². The monoisotopic (exact) mass is 321 g/mol. The number of amides is 4. The van der Waals surface area contributed by atoms with E-state index in [1.165, 1.54) is 24.3 Å². The molecule has 4 amide bonds. The van der Waals surface area contributed by atoms with Crippen LogP contribution < -0.4 is 5.32 Å². The van der Waals surface area contributed by atoms with Gasteiger partial charge in [-0.3, -0.25) is 14.5 Å². The molecule has 2 saturated heterocycles. The van der Waals surface area contributed by atoms with Gasteiger partial charge in [0, 0.05) is 13.1 Å². The molecule has 1 aromatic carbocycles. The highest BCUT2D eigenvalue weighted by Gasteiger charge is 2.40. The molecule has 2 aliphatic heterocycles. The molecule has 23 heavy (non-hydrogen) atoms. The summed E-state index contributed by atoms with van der Waals surface area (Å²) in [4.78, 5) is 39.0. The first-order valence-corrected chi connectivity index (χ1v) is 7.29. The zero-order chi connectivity index (χ0) is 16.4. The Morgan fingerprint density at radius 2 is 1.87 bits per heavy atom. The fourth-order valence-corrected chi connectivity index (χ4v) is 2.60. The smallest absolute Gasteiger partial charge is 0.325 e. The molecule has 0 unspecified atom stereocenters. The van der Waals surface area contributed by atoms with E-state index in [1.807, 2.05) is 0 Å². The van der Waals surface area contributed by atoms with Crippen LogP contribution in [0.25, 0.3) is 0 Å². The minimum atomic E-state index is -0.888. The van der Waals surface area contributed by atoms with Gasteiger partial charge in [0.05, 0.1) is 13.2 Å². The molecule has 0 radical (unpaired) electrons. The summed E-state index contributed by atoms with van der Waals surface area (Å²) in [5.41, 5.74) is 0.478. The Morgan fingerprint density at radius 1 is 1.22 bits per heavy atom. The van der Waals surface area contributed by atoms with Crippen LogP contribution in [-0.2, 0) is 14.3 Å². The van der Waals surface area contributed by atoms with Crippen LogP contribution in [0.3, 0.4) is 0 Å². The van der Waals surface area contributed by atoms with Crippen molar-refractivity contribution < 1.29 is 23.5 Å². The predicted octanol–water partition coefficient (Wildman–Crippen LogP) is 0.277. The third kappa shape index (κ3) is 3.16. The predicted molar refractivity (Wildman–Crippen MR) is 76.8 cm³/mol. The van der Waals surface area contributed by atoms with Gasteiger partial charge >= 0.3 is 6.03 Å². The topological polar surface area (TPSA) is 79.0 Å². The van der Waals surface area contributed by atoms with E-state index in [0.717, 1.165) is 4.90 Å². The van der Waals surface area contributed by atoms with Gasteiger partial charge in [-0.15, -0.1) is 0 Å². The zero-order valence-electron chi connectivity index (χ0n) is 12.3. The maximum atomic E-state index is 13.0. The van der Waals surface area contributed by atoms with Crippen molar-refractivity contribution in [2.45, 2.75) is 6.04 Å². The minimum Gasteiger partial charge on any atom is -0.378 e. The summed E-state index contributed by atoms with van der Waals surface area (Å²) in [6.45, 7) is 1.49. The van der Waals surface area contributed by atoms with Crippen molar-refractivity contribution in [2.75, 3.05) is 32.8 Å². The van der Waals surface area contributed by atoms with Gasteiger partial charge < -0.3 is 15.0 Å².